The number of amides is 1. The molecule has 0 aliphatic heterocycles. The Labute approximate surface area is 118 Å². The second kappa shape index (κ2) is 5.52. The van der Waals surface area contributed by atoms with Crippen LogP contribution in [0.1, 0.15) is 43.4 Å². The van der Waals surface area contributed by atoms with Crippen LogP contribution in [0, 0.1) is 11.7 Å². The third kappa shape index (κ3) is 3.01. The summed E-state index contributed by atoms with van der Waals surface area (Å²) < 4.78 is 18.7. The summed E-state index contributed by atoms with van der Waals surface area (Å²) in [7, 11) is 0. The van der Waals surface area contributed by atoms with Crippen LogP contribution in [-0.4, -0.2) is 18.6 Å². The van der Waals surface area contributed by atoms with Crippen LogP contribution in [0.25, 0.3) is 0 Å². The monoisotopic (exact) mass is 277 g/mol. The number of hydrogen-bond acceptors (Lipinski definition) is 2. The Balaban J connectivity index is 1.57. The van der Waals surface area contributed by atoms with Gasteiger partial charge in [-0.1, -0.05) is 6.07 Å². The summed E-state index contributed by atoms with van der Waals surface area (Å²) in [6.45, 7) is 2.47. The van der Waals surface area contributed by atoms with Gasteiger partial charge < -0.3 is 10.1 Å². The summed E-state index contributed by atoms with van der Waals surface area (Å²) in [4.78, 5) is 12.1. The molecule has 1 aromatic carbocycles. The Hall–Kier alpha value is -1.42. The number of hydrogen-bond donors (Lipinski definition) is 1. The van der Waals surface area contributed by atoms with Gasteiger partial charge in [0.25, 0.3) is 0 Å². The van der Waals surface area contributed by atoms with Gasteiger partial charge >= 0.3 is 0 Å². The first-order chi connectivity index (χ1) is 9.63. The second-order valence-electron chi connectivity index (χ2n) is 5.86. The predicted molar refractivity (Wildman–Crippen MR) is 73.7 cm³/mol. The minimum atomic E-state index is -0.417. The first-order valence-corrected chi connectivity index (χ1v) is 7.34. The van der Waals surface area contributed by atoms with Crippen LogP contribution >= 0.6 is 0 Å². The maximum absolute atomic E-state index is 13.2. The van der Waals surface area contributed by atoms with E-state index in [9.17, 15) is 9.18 Å². The fourth-order valence-electron chi connectivity index (χ4n) is 2.67. The molecule has 1 amide bonds. The van der Waals surface area contributed by atoms with Crippen molar-refractivity contribution >= 4 is 5.91 Å². The van der Waals surface area contributed by atoms with Crippen LogP contribution in [0.5, 0.6) is 0 Å². The Morgan fingerprint density at radius 1 is 1.45 bits per heavy atom. The van der Waals surface area contributed by atoms with Gasteiger partial charge in [-0.25, -0.2) is 4.39 Å². The van der Waals surface area contributed by atoms with E-state index in [2.05, 4.69) is 5.32 Å². The highest BCUT2D eigenvalue weighted by atomic mass is 19.1. The zero-order chi connectivity index (χ0) is 14.1. The smallest absolute Gasteiger partial charge is 0.249 e. The molecular formula is C16H20FNO2. The fourth-order valence-corrected chi connectivity index (χ4v) is 2.67. The molecule has 2 aliphatic rings. The van der Waals surface area contributed by atoms with Gasteiger partial charge in [0.05, 0.1) is 12.6 Å². The molecule has 0 radical (unpaired) electrons. The standard InChI is InChI=1S/C16H20FNO2/c1-10(20-9-11-2-3-11)16(19)18-15-7-4-12-8-13(17)5-6-14(12)15/h5-6,8,10-11,15H,2-4,7,9H2,1H3,(H,18,19)/t10-,15+/m1/s1. The topological polar surface area (TPSA) is 38.3 Å². The van der Waals surface area contributed by atoms with Crippen LogP contribution in [0.15, 0.2) is 18.2 Å². The lowest BCUT2D eigenvalue weighted by molar-refractivity contribution is -0.132. The molecule has 0 heterocycles. The summed E-state index contributed by atoms with van der Waals surface area (Å²) in [6.07, 6.45) is 3.67. The Bertz CT molecular complexity index is 513. The molecule has 1 N–H and O–H groups in total. The molecule has 2 aliphatic carbocycles. The van der Waals surface area contributed by atoms with E-state index in [-0.39, 0.29) is 17.8 Å². The molecule has 0 saturated heterocycles. The van der Waals surface area contributed by atoms with Crippen LogP contribution in [0.4, 0.5) is 4.39 Å². The van der Waals surface area contributed by atoms with Crippen LogP contribution < -0.4 is 5.32 Å². The molecule has 1 saturated carbocycles. The number of fused-ring (bicyclic) bond motifs is 1. The number of carbonyl (C=O) groups is 1. The van der Waals surface area contributed by atoms with Gasteiger partial charge in [-0.15, -0.1) is 0 Å². The Morgan fingerprint density at radius 3 is 3.00 bits per heavy atom. The zero-order valence-electron chi connectivity index (χ0n) is 11.7. The first-order valence-electron chi connectivity index (χ1n) is 7.34. The normalized spacial score (nSPS) is 22.4. The average Bonchev–Trinajstić information content (AvgIpc) is 3.18. The van der Waals surface area contributed by atoms with Crippen molar-refractivity contribution in [2.75, 3.05) is 6.61 Å². The van der Waals surface area contributed by atoms with Gasteiger partial charge in [-0.05, 0) is 61.8 Å². The Kier molecular flexibility index (Phi) is 3.74. The highest BCUT2D eigenvalue weighted by molar-refractivity contribution is 5.81. The molecule has 108 valence electrons. The molecule has 0 bridgehead atoms. The highest BCUT2D eigenvalue weighted by Gasteiger charge is 2.27. The zero-order valence-corrected chi connectivity index (χ0v) is 11.7. The van der Waals surface area contributed by atoms with Crippen LogP contribution in [-0.2, 0) is 16.0 Å². The van der Waals surface area contributed by atoms with Crippen LogP contribution in [0.2, 0.25) is 0 Å². The summed E-state index contributed by atoms with van der Waals surface area (Å²) >= 11 is 0. The molecule has 0 unspecified atom stereocenters. The minimum Gasteiger partial charge on any atom is -0.368 e. The highest BCUT2D eigenvalue weighted by Crippen LogP contribution is 2.32. The third-order valence-corrected chi connectivity index (χ3v) is 4.15. The molecule has 3 nitrogen and oxygen atoms in total. The molecule has 0 aromatic heterocycles. The van der Waals surface area contributed by atoms with Gasteiger partial charge in [0.15, 0.2) is 0 Å². The molecular weight excluding hydrogens is 257 g/mol. The van der Waals surface area contributed by atoms with E-state index >= 15 is 0 Å². The van der Waals surface area contributed by atoms with Crippen molar-refractivity contribution in [2.45, 2.75) is 44.8 Å². The van der Waals surface area contributed by atoms with Crippen molar-refractivity contribution < 1.29 is 13.9 Å². The summed E-state index contributed by atoms with van der Waals surface area (Å²) in [5, 5.41) is 3.01. The Morgan fingerprint density at radius 2 is 2.25 bits per heavy atom. The van der Waals surface area contributed by atoms with E-state index in [4.69, 9.17) is 4.74 Å². The predicted octanol–water partition coefficient (Wildman–Crippen LogP) is 2.74. The molecule has 2 atom stereocenters. The second-order valence-corrected chi connectivity index (χ2v) is 5.86. The number of halogens is 1. The minimum absolute atomic E-state index is 0.00919. The van der Waals surface area contributed by atoms with Gasteiger partial charge in [0.2, 0.25) is 5.91 Å². The van der Waals surface area contributed by atoms with E-state index in [1.54, 1.807) is 19.1 Å². The van der Waals surface area contributed by atoms with Gasteiger partial charge in [-0.3, -0.25) is 4.79 Å². The molecule has 3 rings (SSSR count). The molecule has 4 heteroatoms. The molecule has 1 aromatic rings. The third-order valence-electron chi connectivity index (χ3n) is 4.15. The summed E-state index contributed by atoms with van der Waals surface area (Å²) in [6, 6.07) is 4.79. The lowest BCUT2D eigenvalue weighted by atomic mass is 10.1. The van der Waals surface area contributed by atoms with Crippen molar-refractivity contribution in [3.8, 4) is 0 Å². The average molecular weight is 277 g/mol. The number of aryl methyl sites for hydroxylation is 1. The van der Waals surface area contributed by atoms with Crippen molar-refractivity contribution in [1.82, 2.24) is 5.32 Å². The first kappa shape index (κ1) is 13.6. The summed E-state index contributed by atoms with van der Waals surface area (Å²) in [5.41, 5.74) is 2.04. The van der Waals surface area contributed by atoms with E-state index in [1.807, 2.05) is 0 Å². The van der Waals surface area contributed by atoms with Gasteiger partial charge in [0.1, 0.15) is 11.9 Å². The molecule has 1 fully saturated rings. The largest absolute Gasteiger partial charge is 0.368 e. The maximum atomic E-state index is 13.2. The van der Waals surface area contributed by atoms with E-state index < -0.39 is 6.10 Å². The number of benzene rings is 1. The SMILES string of the molecule is C[C@@H](OCC1CC1)C(=O)N[C@H]1CCc2cc(F)ccc21. The van der Waals surface area contributed by atoms with Crippen molar-refractivity contribution in [2.24, 2.45) is 5.92 Å². The lowest BCUT2D eigenvalue weighted by Crippen LogP contribution is -2.36. The molecule has 0 spiro atoms. The number of ether oxygens (including phenoxy) is 1. The number of nitrogens with one attached hydrogen (secondary N) is 1. The number of carbonyl (C=O) groups excluding carboxylic acids is 1. The maximum Gasteiger partial charge on any atom is 0.249 e. The van der Waals surface area contributed by atoms with Crippen molar-refractivity contribution in [3.05, 3.63) is 35.1 Å². The van der Waals surface area contributed by atoms with Crippen LogP contribution in [0.3, 0.4) is 0 Å². The van der Waals surface area contributed by atoms with E-state index in [0.29, 0.717) is 12.5 Å². The summed E-state index contributed by atoms with van der Waals surface area (Å²) in [5.74, 6) is 0.366. The van der Waals surface area contributed by atoms with Gasteiger partial charge in [-0.2, -0.15) is 0 Å². The molecule has 20 heavy (non-hydrogen) atoms. The van der Waals surface area contributed by atoms with Gasteiger partial charge in [0, 0.05) is 0 Å². The quantitative estimate of drug-likeness (QED) is 0.898. The number of rotatable bonds is 5. The lowest BCUT2D eigenvalue weighted by Gasteiger charge is -2.18. The fraction of sp³-hybridized carbons (Fsp3) is 0.562. The van der Waals surface area contributed by atoms with Crippen molar-refractivity contribution in [1.29, 1.82) is 0 Å². The van der Waals surface area contributed by atoms with E-state index in [1.165, 1.54) is 18.9 Å². The van der Waals surface area contributed by atoms with E-state index in [0.717, 1.165) is 24.0 Å². The van der Waals surface area contributed by atoms with Crippen molar-refractivity contribution in [3.63, 3.8) is 0 Å².